The van der Waals surface area contributed by atoms with Crippen molar-refractivity contribution in [2.24, 2.45) is 16.6 Å². The molecule has 0 radical (unpaired) electrons. The molecule has 1 aliphatic carbocycles. The minimum absolute atomic E-state index is 0.0481. The van der Waals surface area contributed by atoms with Crippen LogP contribution in [0.2, 0.25) is 0 Å². The molecule has 0 amide bonds. The zero-order valence-electron chi connectivity index (χ0n) is 14.1. The standard InChI is InChI=1S/C18H21N3O2S/c1-11(22)18(14-4-5-14,21-12(2)19)17-7-6-16(24-17)13-8-15(23-3)10-20-9-13/h6-10,14H,4-5H2,1-3H3,(H2,19,21). The Labute approximate surface area is 145 Å². The van der Waals surface area contributed by atoms with Crippen LogP contribution < -0.4 is 10.5 Å². The van der Waals surface area contributed by atoms with Gasteiger partial charge in [-0.2, -0.15) is 0 Å². The van der Waals surface area contributed by atoms with Crippen molar-refractivity contribution >= 4 is 23.0 Å². The highest BCUT2D eigenvalue weighted by Crippen LogP contribution is 2.51. The maximum Gasteiger partial charge on any atom is 0.163 e. The number of aromatic nitrogens is 1. The van der Waals surface area contributed by atoms with Crippen molar-refractivity contribution in [2.45, 2.75) is 32.2 Å². The van der Waals surface area contributed by atoms with Gasteiger partial charge in [0.05, 0.1) is 19.1 Å². The number of nitrogens with zero attached hydrogens (tertiary/aromatic N) is 2. The molecule has 2 aromatic rings. The van der Waals surface area contributed by atoms with Crippen molar-refractivity contribution in [3.05, 3.63) is 35.5 Å². The van der Waals surface area contributed by atoms with Crippen LogP contribution in [0.25, 0.3) is 10.4 Å². The third kappa shape index (κ3) is 2.94. The van der Waals surface area contributed by atoms with Gasteiger partial charge in [-0.25, -0.2) is 0 Å². The lowest BCUT2D eigenvalue weighted by atomic mass is 9.87. The van der Waals surface area contributed by atoms with E-state index in [0.29, 0.717) is 11.6 Å². The minimum Gasteiger partial charge on any atom is -0.495 e. The smallest absolute Gasteiger partial charge is 0.163 e. The Morgan fingerprint density at radius 3 is 2.71 bits per heavy atom. The van der Waals surface area contributed by atoms with Crippen molar-refractivity contribution in [1.82, 2.24) is 4.98 Å². The zero-order chi connectivity index (χ0) is 17.3. The number of thiophene rings is 1. The fraction of sp³-hybridized carbons (Fsp3) is 0.389. The molecule has 2 heterocycles. The van der Waals surface area contributed by atoms with E-state index in [9.17, 15) is 4.79 Å². The molecule has 1 atom stereocenters. The van der Waals surface area contributed by atoms with Crippen LogP contribution in [0.3, 0.4) is 0 Å². The molecule has 24 heavy (non-hydrogen) atoms. The van der Waals surface area contributed by atoms with E-state index in [0.717, 1.165) is 28.2 Å². The molecule has 0 aliphatic heterocycles. The lowest BCUT2D eigenvalue weighted by Gasteiger charge is -2.26. The molecular weight excluding hydrogens is 322 g/mol. The largest absolute Gasteiger partial charge is 0.495 e. The van der Waals surface area contributed by atoms with Gasteiger partial charge in [-0.3, -0.25) is 14.8 Å². The fourth-order valence-corrected chi connectivity index (χ4v) is 4.28. The summed E-state index contributed by atoms with van der Waals surface area (Å²) in [6.45, 7) is 3.35. The topological polar surface area (TPSA) is 77.6 Å². The molecule has 2 N–H and O–H groups in total. The number of ether oxygens (including phenoxy) is 1. The summed E-state index contributed by atoms with van der Waals surface area (Å²) in [5.41, 5.74) is 5.98. The van der Waals surface area contributed by atoms with Crippen LogP contribution in [-0.4, -0.2) is 23.7 Å². The molecule has 1 unspecified atom stereocenters. The second-order valence-corrected chi connectivity index (χ2v) is 7.21. The molecule has 2 aromatic heterocycles. The molecular formula is C18H21N3O2S. The maximum atomic E-state index is 12.5. The molecule has 5 nitrogen and oxygen atoms in total. The summed E-state index contributed by atoms with van der Waals surface area (Å²) >= 11 is 1.57. The van der Waals surface area contributed by atoms with Gasteiger partial charge in [0.2, 0.25) is 0 Å². The van der Waals surface area contributed by atoms with Gasteiger partial charge >= 0.3 is 0 Å². The van der Waals surface area contributed by atoms with E-state index in [4.69, 9.17) is 10.5 Å². The minimum atomic E-state index is -0.839. The Morgan fingerprint density at radius 2 is 2.12 bits per heavy atom. The SMILES string of the molecule is COc1cncc(-c2ccc(C(N=C(C)N)(C(C)=O)C3CC3)s2)c1. The van der Waals surface area contributed by atoms with Crippen LogP contribution in [0.4, 0.5) is 0 Å². The predicted molar refractivity (Wildman–Crippen MR) is 96.5 cm³/mol. The first-order valence-corrected chi connectivity index (χ1v) is 8.71. The van der Waals surface area contributed by atoms with Gasteiger partial charge < -0.3 is 10.5 Å². The number of methoxy groups -OCH3 is 1. The molecule has 0 spiro atoms. The van der Waals surface area contributed by atoms with Gasteiger partial charge in [0, 0.05) is 21.5 Å². The summed E-state index contributed by atoms with van der Waals surface area (Å²) in [6.07, 6.45) is 5.47. The fourth-order valence-electron chi connectivity index (χ4n) is 3.03. The maximum absolute atomic E-state index is 12.5. The Kier molecular flexibility index (Phi) is 4.41. The first-order chi connectivity index (χ1) is 11.5. The highest BCUT2D eigenvalue weighted by atomic mass is 32.1. The van der Waals surface area contributed by atoms with Gasteiger partial charge in [-0.1, -0.05) is 0 Å². The van der Waals surface area contributed by atoms with Crippen LogP contribution in [0.1, 0.15) is 31.6 Å². The Hall–Kier alpha value is -2.21. The molecule has 0 saturated heterocycles. The van der Waals surface area contributed by atoms with E-state index >= 15 is 0 Å². The second-order valence-electron chi connectivity index (χ2n) is 6.13. The Balaban J connectivity index is 2.06. The van der Waals surface area contributed by atoms with E-state index in [1.165, 1.54) is 0 Å². The number of rotatable bonds is 6. The number of amidine groups is 1. The van der Waals surface area contributed by atoms with E-state index in [1.807, 2.05) is 18.2 Å². The lowest BCUT2D eigenvalue weighted by molar-refractivity contribution is -0.122. The predicted octanol–water partition coefficient (Wildman–Crippen LogP) is 3.39. The second kappa shape index (κ2) is 6.36. The zero-order valence-corrected chi connectivity index (χ0v) is 14.9. The number of pyridine rings is 1. The third-order valence-electron chi connectivity index (χ3n) is 4.27. The molecule has 0 bridgehead atoms. The van der Waals surface area contributed by atoms with Crippen LogP contribution in [0.5, 0.6) is 5.75 Å². The summed E-state index contributed by atoms with van der Waals surface area (Å²) in [6, 6.07) is 5.94. The molecule has 1 aliphatic rings. The van der Waals surface area contributed by atoms with E-state index in [1.54, 1.807) is 44.7 Å². The first kappa shape index (κ1) is 16.6. The number of carbonyl (C=O) groups is 1. The number of hydrogen-bond acceptors (Lipinski definition) is 5. The van der Waals surface area contributed by atoms with E-state index in [-0.39, 0.29) is 11.7 Å². The molecule has 1 saturated carbocycles. The van der Waals surface area contributed by atoms with Crippen LogP contribution in [-0.2, 0) is 10.3 Å². The number of Topliss-reactive ketones (excluding diaryl/α,β-unsaturated/α-hetero) is 1. The monoisotopic (exact) mass is 343 g/mol. The van der Waals surface area contributed by atoms with Crippen molar-refractivity contribution < 1.29 is 9.53 Å². The summed E-state index contributed by atoms with van der Waals surface area (Å²) < 4.78 is 5.24. The van der Waals surface area contributed by atoms with Crippen LogP contribution >= 0.6 is 11.3 Å². The molecule has 3 rings (SSSR count). The van der Waals surface area contributed by atoms with Crippen molar-refractivity contribution in [1.29, 1.82) is 0 Å². The van der Waals surface area contributed by atoms with Gasteiger partial charge in [0.15, 0.2) is 11.3 Å². The van der Waals surface area contributed by atoms with Crippen molar-refractivity contribution in [3.8, 4) is 16.2 Å². The van der Waals surface area contributed by atoms with Gasteiger partial charge in [0.1, 0.15) is 5.75 Å². The average molecular weight is 343 g/mol. The van der Waals surface area contributed by atoms with Gasteiger partial charge in [-0.15, -0.1) is 11.3 Å². The summed E-state index contributed by atoms with van der Waals surface area (Å²) in [5.74, 6) is 1.43. The Morgan fingerprint density at radius 1 is 1.38 bits per heavy atom. The lowest BCUT2D eigenvalue weighted by Crippen LogP contribution is -2.35. The summed E-state index contributed by atoms with van der Waals surface area (Å²) in [7, 11) is 1.62. The quantitative estimate of drug-likeness (QED) is 0.644. The first-order valence-electron chi connectivity index (χ1n) is 7.90. The Bertz CT molecular complexity index is 791. The highest BCUT2D eigenvalue weighted by Gasteiger charge is 2.51. The van der Waals surface area contributed by atoms with Crippen molar-refractivity contribution in [2.75, 3.05) is 7.11 Å². The number of carbonyl (C=O) groups excluding carboxylic acids is 1. The normalized spacial score (nSPS) is 17.4. The molecule has 0 aromatic carbocycles. The summed E-state index contributed by atoms with van der Waals surface area (Å²) in [4.78, 5) is 23.3. The summed E-state index contributed by atoms with van der Waals surface area (Å²) in [5, 5.41) is 0. The van der Waals surface area contributed by atoms with E-state index < -0.39 is 5.54 Å². The number of hydrogen-bond donors (Lipinski definition) is 1. The number of aliphatic imine (C=N–C) groups is 1. The average Bonchev–Trinajstić information content (AvgIpc) is 3.29. The molecule has 126 valence electrons. The van der Waals surface area contributed by atoms with Crippen LogP contribution in [0, 0.1) is 5.92 Å². The van der Waals surface area contributed by atoms with Gasteiger partial charge in [-0.05, 0) is 50.8 Å². The number of ketones is 1. The number of nitrogens with two attached hydrogens (primary N) is 1. The third-order valence-corrected chi connectivity index (χ3v) is 5.53. The van der Waals surface area contributed by atoms with Gasteiger partial charge in [0.25, 0.3) is 0 Å². The van der Waals surface area contributed by atoms with Crippen LogP contribution in [0.15, 0.2) is 35.6 Å². The van der Waals surface area contributed by atoms with E-state index in [2.05, 4.69) is 9.98 Å². The molecule has 1 fully saturated rings. The highest BCUT2D eigenvalue weighted by molar-refractivity contribution is 7.15. The molecule has 6 heteroatoms. The van der Waals surface area contributed by atoms with Crippen molar-refractivity contribution in [3.63, 3.8) is 0 Å².